The highest BCUT2D eigenvalue weighted by molar-refractivity contribution is 7.90. The van der Waals surface area contributed by atoms with Crippen LogP contribution in [0.25, 0.3) is 5.57 Å². The van der Waals surface area contributed by atoms with Crippen molar-refractivity contribution in [2.45, 2.75) is 25.0 Å². The number of allylic oxidation sites excluding steroid dienone is 3. The molecule has 0 saturated heterocycles. The van der Waals surface area contributed by atoms with Crippen LogP contribution in [0.1, 0.15) is 23.6 Å². The van der Waals surface area contributed by atoms with Crippen LogP contribution >= 0.6 is 0 Å². The molecule has 3 rings (SSSR count). The summed E-state index contributed by atoms with van der Waals surface area (Å²) in [5.74, 6) is 0.666. The molecule has 0 aliphatic heterocycles. The van der Waals surface area contributed by atoms with E-state index >= 15 is 0 Å². The number of carbonyl (C=O) groups excluding carboxylic acids is 1. The van der Waals surface area contributed by atoms with Crippen molar-refractivity contribution >= 4 is 27.1 Å². The lowest BCUT2D eigenvalue weighted by molar-refractivity contribution is 0.203. The number of urea groups is 1. The van der Waals surface area contributed by atoms with Gasteiger partial charge in [0.2, 0.25) is 0 Å². The predicted molar refractivity (Wildman–Crippen MR) is 134 cm³/mol. The number of rotatable bonds is 9. The van der Waals surface area contributed by atoms with Crippen molar-refractivity contribution in [3.8, 4) is 0 Å². The summed E-state index contributed by atoms with van der Waals surface area (Å²) in [6.07, 6.45) is 6.24. The highest BCUT2D eigenvalue weighted by Gasteiger charge is 2.09. The Morgan fingerprint density at radius 2 is 1.76 bits per heavy atom. The molecule has 0 fully saturated rings. The standard InChI is InChI=1S/C26H27N3O4S/c1-4-25(22-9-13-24(14-10-22)34(3,31)32)19(2)33-18-20-7-11-23(12-8-20)29-26(30)28-17-21-6-5-15-27-16-21/h4-16H,1,17-18H2,2-3H3,(H2,28,29,30). The molecule has 2 N–H and O–H groups in total. The van der Waals surface area contributed by atoms with Gasteiger partial charge in [-0.3, -0.25) is 4.98 Å². The van der Waals surface area contributed by atoms with Crippen LogP contribution in [0.2, 0.25) is 0 Å². The van der Waals surface area contributed by atoms with Gasteiger partial charge in [-0.15, -0.1) is 0 Å². The van der Waals surface area contributed by atoms with Crippen LogP contribution in [0.5, 0.6) is 0 Å². The van der Waals surface area contributed by atoms with Gasteiger partial charge in [-0.2, -0.15) is 0 Å². The van der Waals surface area contributed by atoms with Gasteiger partial charge in [0.1, 0.15) is 12.4 Å². The second-order valence-corrected chi connectivity index (χ2v) is 9.64. The summed E-state index contributed by atoms with van der Waals surface area (Å²) in [4.78, 5) is 16.4. The van der Waals surface area contributed by atoms with Crippen LogP contribution < -0.4 is 10.6 Å². The highest BCUT2D eigenvalue weighted by Crippen LogP contribution is 2.23. The summed E-state index contributed by atoms with van der Waals surface area (Å²) >= 11 is 0. The van der Waals surface area contributed by atoms with Gasteiger partial charge in [0.15, 0.2) is 9.84 Å². The number of nitrogens with one attached hydrogen (secondary N) is 2. The number of amides is 2. The number of ether oxygens (including phenoxy) is 1. The smallest absolute Gasteiger partial charge is 0.319 e. The minimum absolute atomic E-state index is 0.262. The molecule has 176 valence electrons. The molecule has 1 heterocycles. The molecule has 0 aliphatic carbocycles. The number of nitrogens with zero attached hydrogens (tertiary/aromatic N) is 1. The third kappa shape index (κ3) is 7.05. The Kier molecular flexibility index (Phi) is 8.21. The first-order chi connectivity index (χ1) is 16.3. The molecular formula is C26H27N3O4S. The maximum absolute atomic E-state index is 12.1. The van der Waals surface area contributed by atoms with Crippen molar-refractivity contribution in [3.05, 3.63) is 108 Å². The summed E-state index contributed by atoms with van der Waals surface area (Å²) < 4.78 is 29.3. The Morgan fingerprint density at radius 3 is 2.35 bits per heavy atom. The predicted octanol–water partition coefficient (Wildman–Crippen LogP) is 4.94. The Bertz CT molecular complexity index is 1270. The van der Waals surface area contributed by atoms with E-state index in [1.807, 2.05) is 31.2 Å². The van der Waals surface area contributed by atoms with Crippen molar-refractivity contribution in [3.63, 3.8) is 0 Å². The molecule has 0 atom stereocenters. The first-order valence-electron chi connectivity index (χ1n) is 10.6. The zero-order valence-electron chi connectivity index (χ0n) is 19.1. The maximum Gasteiger partial charge on any atom is 0.319 e. The van der Waals surface area contributed by atoms with E-state index in [2.05, 4.69) is 22.2 Å². The van der Waals surface area contributed by atoms with Gasteiger partial charge in [-0.05, 0) is 53.9 Å². The van der Waals surface area contributed by atoms with Crippen LogP contribution in [0, 0.1) is 0 Å². The minimum atomic E-state index is -3.25. The largest absolute Gasteiger partial charge is 0.493 e. The van der Waals surface area contributed by atoms with Gasteiger partial charge in [0.05, 0.1) is 4.90 Å². The first kappa shape index (κ1) is 24.7. The molecule has 3 aromatic rings. The zero-order valence-corrected chi connectivity index (χ0v) is 19.9. The van der Waals surface area contributed by atoms with Crippen LogP contribution in [0.4, 0.5) is 10.5 Å². The summed E-state index contributed by atoms with van der Waals surface area (Å²) in [5.41, 5.74) is 4.10. The number of aromatic nitrogens is 1. The molecule has 34 heavy (non-hydrogen) atoms. The van der Waals surface area contributed by atoms with Crippen molar-refractivity contribution in [2.75, 3.05) is 11.6 Å². The fourth-order valence-electron chi connectivity index (χ4n) is 3.16. The van der Waals surface area contributed by atoms with Gasteiger partial charge in [0, 0.05) is 36.5 Å². The third-order valence-corrected chi connectivity index (χ3v) is 6.15. The molecule has 0 aliphatic rings. The summed E-state index contributed by atoms with van der Waals surface area (Å²) in [6.45, 7) is 6.41. The zero-order chi connectivity index (χ0) is 24.6. The summed E-state index contributed by atoms with van der Waals surface area (Å²) in [7, 11) is -3.25. The van der Waals surface area contributed by atoms with E-state index in [0.29, 0.717) is 24.6 Å². The van der Waals surface area contributed by atoms with Crippen LogP contribution in [-0.4, -0.2) is 25.7 Å². The van der Waals surface area contributed by atoms with Crippen LogP contribution in [0.3, 0.4) is 0 Å². The SMILES string of the molecule is C=CC(=C(C)OCc1ccc(NC(=O)NCc2cccnc2)cc1)c1ccc(S(C)(=O)=O)cc1. The lowest BCUT2D eigenvalue weighted by Gasteiger charge is -2.12. The molecule has 0 unspecified atom stereocenters. The fourth-order valence-corrected chi connectivity index (χ4v) is 3.79. The van der Waals surface area contributed by atoms with Crippen molar-refractivity contribution in [1.82, 2.24) is 10.3 Å². The monoisotopic (exact) mass is 477 g/mol. The number of hydrogen-bond donors (Lipinski definition) is 2. The molecule has 2 aromatic carbocycles. The number of benzene rings is 2. The third-order valence-electron chi connectivity index (χ3n) is 5.02. The van der Waals surface area contributed by atoms with E-state index in [9.17, 15) is 13.2 Å². The second-order valence-electron chi connectivity index (χ2n) is 7.63. The van der Waals surface area contributed by atoms with Gasteiger partial charge < -0.3 is 15.4 Å². The minimum Gasteiger partial charge on any atom is -0.493 e. The van der Waals surface area contributed by atoms with Gasteiger partial charge in [0.25, 0.3) is 0 Å². The van der Waals surface area contributed by atoms with E-state index in [4.69, 9.17) is 4.74 Å². The maximum atomic E-state index is 12.1. The fraction of sp³-hybridized carbons (Fsp3) is 0.154. The Labute approximate surface area is 200 Å². The Hall–Kier alpha value is -3.91. The molecule has 0 saturated carbocycles. The topological polar surface area (TPSA) is 97.4 Å². The normalized spacial score (nSPS) is 11.8. The molecule has 0 bridgehead atoms. The molecular weight excluding hydrogens is 450 g/mol. The van der Waals surface area contributed by atoms with Crippen molar-refractivity contribution < 1.29 is 17.9 Å². The highest BCUT2D eigenvalue weighted by atomic mass is 32.2. The quantitative estimate of drug-likeness (QED) is 0.336. The van der Waals surface area contributed by atoms with E-state index in [-0.39, 0.29) is 10.9 Å². The first-order valence-corrected chi connectivity index (χ1v) is 12.4. The van der Waals surface area contributed by atoms with E-state index in [1.54, 1.807) is 54.9 Å². The summed E-state index contributed by atoms with van der Waals surface area (Å²) in [6, 6.07) is 17.4. The number of anilines is 1. The van der Waals surface area contributed by atoms with Crippen LogP contribution in [-0.2, 0) is 27.7 Å². The molecule has 0 radical (unpaired) electrons. The van der Waals surface area contributed by atoms with Gasteiger partial charge in [-0.1, -0.05) is 43.0 Å². The van der Waals surface area contributed by atoms with Gasteiger partial charge in [-0.25, -0.2) is 13.2 Å². The summed E-state index contributed by atoms with van der Waals surface area (Å²) in [5, 5.41) is 5.58. The molecule has 0 spiro atoms. The van der Waals surface area contributed by atoms with Crippen molar-refractivity contribution in [2.24, 2.45) is 0 Å². The lowest BCUT2D eigenvalue weighted by atomic mass is 10.1. The number of sulfone groups is 1. The Balaban J connectivity index is 1.56. The molecule has 2 amide bonds. The van der Waals surface area contributed by atoms with Crippen molar-refractivity contribution in [1.29, 1.82) is 0 Å². The Morgan fingerprint density at radius 1 is 1.06 bits per heavy atom. The van der Waals surface area contributed by atoms with E-state index in [0.717, 1.165) is 22.3 Å². The average Bonchev–Trinajstić information content (AvgIpc) is 2.83. The van der Waals surface area contributed by atoms with E-state index in [1.165, 1.54) is 6.26 Å². The molecule has 1 aromatic heterocycles. The molecule has 7 nitrogen and oxygen atoms in total. The second kappa shape index (κ2) is 11.3. The van der Waals surface area contributed by atoms with E-state index < -0.39 is 9.84 Å². The van der Waals surface area contributed by atoms with Gasteiger partial charge >= 0.3 is 6.03 Å². The number of pyridine rings is 1. The van der Waals surface area contributed by atoms with Crippen LogP contribution in [0.15, 0.2) is 96.4 Å². The molecule has 8 heteroatoms. The lowest BCUT2D eigenvalue weighted by Crippen LogP contribution is -2.28. The number of carbonyl (C=O) groups is 1. The number of hydrogen-bond acceptors (Lipinski definition) is 5. The average molecular weight is 478 g/mol.